The molecule has 0 aromatic heterocycles. The highest BCUT2D eigenvalue weighted by molar-refractivity contribution is 4.90. The summed E-state index contributed by atoms with van der Waals surface area (Å²) in [4.78, 5) is 3.32. The predicted octanol–water partition coefficient (Wildman–Crippen LogP) is -2.35. The molecule has 0 spiro atoms. The van der Waals surface area contributed by atoms with Crippen molar-refractivity contribution in [2.24, 2.45) is 5.73 Å². The first-order valence-electron chi connectivity index (χ1n) is 3.77. The highest BCUT2D eigenvalue weighted by atomic mass is 19.3. The van der Waals surface area contributed by atoms with Crippen LogP contribution >= 0.6 is 0 Å². The summed E-state index contributed by atoms with van der Waals surface area (Å²) in [6.45, 7) is -0.551. The molecule has 0 bridgehead atoms. The Kier molecular flexibility index (Phi) is 3.54. The molecule has 1 saturated heterocycles. The summed E-state index contributed by atoms with van der Waals surface area (Å²) in [6.07, 6.45) is -5.27. The Hall–Kier alpha value is -0.310. The second-order valence-electron chi connectivity index (χ2n) is 2.87. The molecule has 0 aromatic rings. The zero-order valence-corrected chi connectivity index (χ0v) is 6.71. The van der Waals surface area contributed by atoms with Crippen molar-refractivity contribution in [3.8, 4) is 0 Å². The van der Waals surface area contributed by atoms with Gasteiger partial charge in [0, 0.05) is 0 Å². The molecule has 1 fully saturated rings. The molecule has 0 aliphatic carbocycles. The zero-order chi connectivity index (χ0) is 10.0. The van der Waals surface area contributed by atoms with E-state index in [1.54, 1.807) is 0 Å². The largest absolute Gasteiger partial charge is 0.394 e. The normalized spacial score (nSPS) is 46.4. The van der Waals surface area contributed by atoms with Crippen molar-refractivity contribution >= 4 is 0 Å². The lowest BCUT2D eigenvalue weighted by Gasteiger charge is -2.38. The Labute approximate surface area is 73.6 Å². The molecule has 0 radical (unpaired) electrons. The monoisotopic (exact) mass is 197 g/mol. The maximum absolute atomic E-state index is 11.8. The van der Waals surface area contributed by atoms with Crippen molar-refractivity contribution < 1.29 is 29.5 Å². The first-order chi connectivity index (χ1) is 6.11. The van der Waals surface area contributed by atoms with Gasteiger partial charge in [-0.25, -0.2) is 0 Å². The van der Waals surface area contributed by atoms with E-state index in [1.165, 1.54) is 0 Å². The van der Waals surface area contributed by atoms with E-state index in [2.05, 4.69) is 4.94 Å². The summed E-state index contributed by atoms with van der Waals surface area (Å²) in [5.41, 5.74) is 5.26. The molecule has 1 unspecified atom stereocenters. The topological polar surface area (TPSA) is 105 Å². The Morgan fingerprint density at radius 1 is 1.38 bits per heavy atom. The van der Waals surface area contributed by atoms with E-state index in [-0.39, 0.29) is 0 Å². The third-order valence-corrected chi connectivity index (χ3v) is 2.02. The van der Waals surface area contributed by atoms with Crippen LogP contribution < -0.4 is 5.73 Å². The van der Waals surface area contributed by atoms with Gasteiger partial charge >= 0.3 is 0 Å². The van der Waals surface area contributed by atoms with Gasteiger partial charge in [0.15, 0.2) is 0 Å². The average molecular weight is 197 g/mol. The van der Waals surface area contributed by atoms with Crippen molar-refractivity contribution in [2.45, 2.75) is 30.6 Å². The lowest BCUT2D eigenvalue weighted by atomic mass is 9.98. The van der Waals surface area contributed by atoms with Crippen LogP contribution in [0.2, 0.25) is 0 Å². The number of nitrogens with two attached hydrogens (primary N) is 1. The van der Waals surface area contributed by atoms with E-state index in [0.717, 1.165) is 0 Å². The first kappa shape index (κ1) is 10.8. The van der Waals surface area contributed by atoms with Gasteiger partial charge in [-0.1, -0.05) is 0 Å². The van der Waals surface area contributed by atoms with E-state index in [1.807, 2.05) is 0 Å². The lowest BCUT2D eigenvalue weighted by molar-refractivity contribution is -0.336. The van der Waals surface area contributed by atoms with Crippen LogP contribution in [0, 0.1) is 0 Å². The van der Waals surface area contributed by atoms with Crippen LogP contribution in [0.1, 0.15) is 0 Å². The fourth-order valence-electron chi connectivity index (χ4n) is 1.18. The van der Waals surface area contributed by atoms with Crippen LogP contribution in [0.4, 0.5) is 4.53 Å². The van der Waals surface area contributed by atoms with Gasteiger partial charge in [-0.05, 0) is 4.53 Å². The Morgan fingerprint density at radius 2 is 2.00 bits per heavy atom. The fourth-order valence-corrected chi connectivity index (χ4v) is 1.18. The van der Waals surface area contributed by atoms with Crippen LogP contribution in [-0.2, 0) is 9.68 Å². The smallest absolute Gasteiger partial charge is 0.214 e. The molecule has 5 atom stereocenters. The highest BCUT2D eigenvalue weighted by Crippen LogP contribution is 2.20. The lowest BCUT2D eigenvalue weighted by Crippen LogP contribution is -2.62. The molecule has 6 nitrogen and oxygen atoms in total. The molecule has 0 amide bonds. The van der Waals surface area contributed by atoms with E-state index in [0.29, 0.717) is 0 Å². The minimum Gasteiger partial charge on any atom is -0.394 e. The number of aliphatic hydroxyl groups is 3. The van der Waals surface area contributed by atoms with E-state index < -0.39 is 37.3 Å². The van der Waals surface area contributed by atoms with Crippen molar-refractivity contribution in [3.05, 3.63) is 0 Å². The summed E-state index contributed by atoms with van der Waals surface area (Å²) < 4.78 is 16.5. The number of hydrogen-bond donors (Lipinski definition) is 4. The van der Waals surface area contributed by atoms with Gasteiger partial charge in [0.1, 0.15) is 18.3 Å². The van der Waals surface area contributed by atoms with Crippen molar-refractivity contribution in [1.29, 1.82) is 0 Å². The molecule has 0 saturated carbocycles. The zero-order valence-electron chi connectivity index (χ0n) is 6.71. The molecule has 78 valence electrons. The maximum atomic E-state index is 11.8. The maximum Gasteiger partial charge on any atom is 0.214 e. The number of hydrogen-bond acceptors (Lipinski definition) is 6. The Bertz CT molecular complexity index is 151. The van der Waals surface area contributed by atoms with Gasteiger partial charge in [-0.15, -0.1) is 0 Å². The number of rotatable bonds is 2. The predicted molar refractivity (Wildman–Crippen MR) is 37.9 cm³/mol. The van der Waals surface area contributed by atoms with Gasteiger partial charge in [0.05, 0.1) is 12.6 Å². The second-order valence-corrected chi connectivity index (χ2v) is 2.87. The highest BCUT2D eigenvalue weighted by Gasteiger charge is 2.43. The first-order valence-corrected chi connectivity index (χ1v) is 3.77. The Morgan fingerprint density at radius 3 is 2.46 bits per heavy atom. The van der Waals surface area contributed by atoms with Crippen molar-refractivity contribution in [1.82, 2.24) is 0 Å². The number of ether oxygens (including phenoxy) is 1. The van der Waals surface area contributed by atoms with Crippen LogP contribution in [0.25, 0.3) is 0 Å². The fraction of sp³-hybridized carbons (Fsp3) is 1.00. The molecule has 1 rings (SSSR count). The van der Waals surface area contributed by atoms with Crippen LogP contribution in [0.3, 0.4) is 0 Å². The molecule has 1 aliphatic rings. The van der Waals surface area contributed by atoms with Crippen LogP contribution in [0.15, 0.2) is 0 Å². The summed E-state index contributed by atoms with van der Waals surface area (Å²) in [6, 6.07) is -1.18. The standard InChI is InChI=1S/C6H12FNO5/c7-13-6-3(8)5(11)4(10)2(1-9)12-6/h2-6,9-11H,1,8H2/t2-,3-,4-,5-,6?/m1/s1. The van der Waals surface area contributed by atoms with E-state index in [4.69, 9.17) is 15.6 Å². The van der Waals surface area contributed by atoms with E-state index >= 15 is 0 Å². The third kappa shape index (κ3) is 1.96. The number of halogens is 1. The Balaban J connectivity index is 2.66. The van der Waals surface area contributed by atoms with Crippen molar-refractivity contribution in [3.63, 3.8) is 0 Å². The molecular weight excluding hydrogens is 185 g/mol. The van der Waals surface area contributed by atoms with Crippen LogP contribution in [0.5, 0.6) is 0 Å². The second kappa shape index (κ2) is 4.27. The molecule has 13 heavy (non-hydrogen) atoms. The minimum absolute atomic E-state index is 0.551. The summed E-state index contributed by atoms with van der Waals surface area (Å²) in [7, 11) is 0. The molecule has 0 aromatic carbocycles. The van der Waals surface area contributed by atoms with Crippen molar-refractivity contribution in [2.75, 3.05) is 6.61 Å². The molecule has 5 N–H and O–H groups in total. The van der Waals surface area contributed by atoms with Gasteiger partial charge in [0.25, 0.3) is 0 Å². The molecular formula is C6H12FNO5. The minimum atomic E-state index is -1.46. The van der Waals surface area contributed by atoms with Gasteiger partial charge < -0.3 is 25.8 Å². The molecule has 1 heterocycles. The molecule has 7 heteroatoms. The van der Waals surface area contributed by atoms with Gasteiger partial charge in [-0.3, -0.25) is 0 Å². The van der Waals surface area contributed by atoms with E-state index in [9.17, 15) is 14.7 Å². The average Bonchev–Trinajstić information content (AvgIpc) is 2.15. The summed E-state index contributed by atoms with van der Waals surface area (Å²) in [5, 5.41) is 27.1. The van der Waals surface area contributed by atoms with Gasteiger partial charge in [0.2, 0.25) is 6.29 Å². The van der Waals surface area contributed by atoms with Crippen LogP contribution in [-0.4, -0.2) is 52.6 Å². The third-order valence-electron chi connectivity index (χ3n) is 2.02. The SMILES string of the molecule is N[C@H]1C(OF)O[C@H](CO)[C@@H](O)[C@@H]1O. The summed E-state index contributed by atoms with van der Waals surface area (Å²) >= 11 is 0. The quantitative estimate of drug-likeness (QED) is 0.395. The van der Waals surface area contributed by atoms with Gasteiger partial charge in [-0.2, -0.15) is 4.94 Å². The summed E-state index contributed by atoms with van der Waals surface area (Å²) in [5.74, 6) is 0. The number of aliphatic hydroxyl groups excluding tert-OH is 3. The molecule has 1 aliphatic heterocycles.